The third-order valence-corrected chi connectivity index (χ3v) is 2.20. The van der Waals surface area contributed by atoms with Crippen LogP contribution < -0.4 is 0 Å². The Morgan fingerprint density at radius 1 is 1.26 bits per heavy atom. The first-order valence-corrected chi connectivity index (χ1v) is 4.81. The molecule has 0 aliphatic carbocycles. The lowest BCUT2D eigenvalue weighted by Crippen LogP contribution is -2.18. The zero-order valence-corrected chi connectivity index (χ0v) is 9.02. The number of halogens is 4. The number of hydrogen-bond donors (Lipinski definition) is 1. The maximum Gasteiger partial charge on any atom is 0.434 e. The van der Waals surface area contributed by atoms with Gasteiger partial charge in [-0.3, -0.25) is 0 Å². The minimum atomic E-state index is -4.93. The van der Waals surface area contributed by atoms with E-state index < -0.39 is 29.2 Å². The first-order chi connectivity index (χ1) is 8.80. The first-order valence-electron chi connectivity index (χ1n) is 4.81. The minimum absolute atomic E-state index is 0.308. The third-order valence-electron chi connectivity index (χ3n) is 2.20. The molecule has 1 N–H and O–H groups in total. The average Bonchev–Trinajstić information content (AvgIpc) is 2.74. The summed E-state index contributed by atoms with van der Waals surface area (Å²) in [6.45, 7) is 0. The Morgan fingerprint density at radius 2 is 1.95 bits per heavy atom. The van der Waals surface area contributed by atoms with Crippen LogP contribution in [0.3, 0.4) is 0 Å². The smallest absolute Gasteiger partial charge is 0.434 e. The number of hydrogen-bond acceptors (Lipinski definition) is 3. The Labute approximate surface area is 103 Å². The van der Waals surface area contributed by atoms with Gasteiger partial charge in [-0.25, -0.2) is 18.9 Å². The van der Waals surface area contributed by atoms with Crippen molar-refractivity contribution in [3.8, 4) is 5.82 Å². The summed E-state index contributed by atoms with van der Waals surface area (Å²) in [5.74, 6) is -2.83. The van der Waals surface area contributed by atoms with Gasteiger partial charge < -0.3 is 5.11 Å². The molecule has 0 saturated heterocycles. The van der Waals surface area contributed by atoms with Crippen molar-refractivity contribution in [1.29, 1.82) is 0 Å². The van der Waals surface area contributed by atoms with E-state index in [-0.39, 0.29) is 5.82 Å². The highest BCUT2D eigenvalue weighted by Crippen LogP contribution is 2.33. The van der Waals surface area contributed by atoms with Crippen LogP contribution in [-0.2, 0) is 6.18 Å². The second-order valence-corrected chi connectivity index (χ2v) is 3.46. The number of carbonyl (C=O) groups is 1. The molecule has 0 fully saturated rings. The number of rotatable bonds is 2. The zero-order chi connectivity index (χ0) is 14.2. The van der Waals surface area contributed by atoms with Gasteiger partial charge in [-0.1, -0.05) is 0 Å². The molecule has 0 atom stereocenters. The highest BCUT2D eigenvalue weighted by atomic mass is 19.4. The highest BCUT2D eigenvalue weighted by molar-refractivity contribution is 5.89. The molecule has 100 valence electrons. The summed E-state index contributed by atoms with van der Waals surface area (Å²) in [6, 6.07) is 1.85. The van der Waals surface area contributed by atoms with Crippen LogP contribution in [-0.4, -0.2) is 25.8 Å². The van der Waals surface area contributed by atoms with E-state index in [1.54, 1.807) is 0 Å². The van der Waals surface area contributed by atoms with E-state index in [0.717, 1.165) is 12.1 Å². The molecule has 9 heteroatoms. The zero-order valence-electron chi connectivity index (χ0n) is 9.02. The molecule has 2 heterocycles. The quantitative estimate of drug-likeness (QED) is 0.852. The molecule has 2 aromatic heterocycles. The van der Waals surface area contributed by atoms with Crippen molar-refractivity contribution < 1.29 is 27.5 Å². The number of carboxylic acid groups (broad SMARTS) is 1. The molecule has 2 rings (SSSR count). The summed E-state index contributed by atoms with van der Waals surface area (Å²) in [5.41, 5.74) is -2.47. The Balaban J connectivity index is 2.64. The SMILES string of the molecule is O=C(O)c1cnn(-c2ccc(F)cn2)c1C(F)(F)F. The molecular formula is C10H5F4N3O2. The summed E-state index contributed by atoms with van der Waals surface area (Å²) in [4.78, 5) is 14.2. The van der Waals surface area contributed by atoms with Crippen LogP contribution in [0.4, 0.5) is 17.6 Å². The van der Waals surface area contributed by atoms with E-state index >= 15 is 0 Å². The van der Waals surface area contributed by atoms with Crippen molar-refractivity contribution in [2.24, 2.45) is 0 Å². The fourth-order valence-electron chi connectivity index (χ4n) is 1.44. The number of nitrogens with zero attached hydrogens (tertiary/aromatic N) is 3. The Hall–Kier alpha value is -2.45. The maximum absolute atomic E-state index is 12.8. The average molecular weight is 275 g/mol. The van der Waals surface area contributed by atoms with Gasteiger partial charge in [0.1, 0.15) is 11.4 Å². The number of aromatic carboxylic acids is 1. The fourth-order valence-corrected chi connectivity index (χ4v) is 1.44. The van der Waals surface area contributed by atoms with Gasteiger partial charge in [-0.15, -0.1) is 0 Å². The predicted octanol–water partition coefficient (Wildman–Crippen LogP) is 2.12. The van der Waals surface area contributed by atoms with E-state index in [0.29, 0.717) is 17.1 Å². The summed E-state index contributed by atoms with van der Waals surface area (Å²) < 4.78 is 51.5. The Bertz CT molecular complexity index is 619. The standard InChI is InChI=1S/C10H5F4N3O2/c11-5-1-2-7(15-3-5)17-8(10(12,13)14)6(4-16-17)9(18)19/h1-4H,(H,18,19). The van der Waals surface area contributed by atoms with E-state index in [9.17, 15) is 22.4 Å². The number of carboxylic acids is 1. The molecule has 0 radical (unpaired) electrons. The molecule has 0 bridgehead atoms. The van der Waals surface area contributed by atoms with Crippen molar-refractivity contribution >= 4 is 5.97 Å². The van der Waals surface area contributed by atoms with Gasteiger partial charge >= 0.3 is 12.1 Å². The molecule has 2 aromatic rings. The van der Waals surface area contributed by atoms with Crippen LogP contribution in [0.15, 0.2) is 24.5 Å². The number of aromatic nitrogens is 3. The topological polar surface area (TPSA) is 68.0 Å². The van der Waals surface area contributed by atoms with E-state index in [1.165, 1.54) is 0 Å². The number of pyridine rings is 1. The van der Waals surface area contributed by atoms with Crippen LogP contribution in [0, 0.1) is 5.82 Å². The first kappa shape index (κ1) is 13.0. The molecule has 5 nitrogen and oxygen atoms in total. The molecule has 0 unspecified atom stereocenters. The summed E-state index contributed by atoms with van der Waals surface area (Å²) in [6.07, 6.45) is -3.66. The van der Waals surface area contributed by atoms with Crippen LogP contribution >= 0.6 is 0 Å². The monoisotopic (exact) mass is 275 g/mol. The van der Waals surface area contributed by atoms with Crippen LogP contribution in [0.2, 0.25) is 0 Å². The van der Waals surface area contributed by atoms with Gasteiger partial charge in [-0.05, 0) is 12.1 Å². The molecule has 19 heavy (non-hydrogen) atoms. The van der Waals surface area contributed by atoms with Crippen LogP contribution in [0.25, 0.3) is 5.82 Å². The number of alkyl halides is 3. The molecule has 0 aliphatic rings. The normalized spacial score (nSPS) is 11.6. The minimum Gasteiger partial charge on any atom is -0.478 e. The van der Waals surface area contributed by atoms with Gasteiger partial charge in [0, 0.05) is 0 Å². The summed E-state index contributed by atoms with van der Waals surface area (Å²) in [7, 11) is 0. The summed E-state index contributed by atoms with van der Waals surface area (Å²) >= 11 is 0. The lowest BCUT2D eigenvalue weighted by atomic mass is 10.2. The van der Waals surface area contributed by atoms with Crippen molar-refractivity contribution in [3.05, 3.63) is 41.6 Å². The Kier molecular flexibility index (Phi) is 2.97. The highest BCUT2D eigenvalue weighted by Gasteiger charge is 2.40. The van der Waals surface area contributed by atoms with Gasteiger partial charge in [0.05, 0.1) is 12.4 Å². The van der Waals surface area contributed by atoms with E-state index in [2.05, 4.69) is 10.1 Å². The van der Waals surface area contributed by atoms with E-state index in [4.69, 9.17) is 5.11 Å². The van der Waals surface area contributed by atoms with Crippen molar-refractivity contribution in [3.63, 3.8) is 0 Å². The van der Waals surface area contributed by atoms with Crippen molar-refractivity contribution in [2.45, 2.75) is 6.18 Å². The molecule has 0 spiro atoms. The van der Waals surface area contributed by atoms with E-state index in [1.807, 2.05) is 0 Å². The van der Waals surface area contributed by atoms with Gasteiger partial charge in [0.2, 0.25) is 0 Å². The maximum atomic E-state index is 12.8. The molecule has 0 saturated carbocycles. The molecule has 0 aromatic carbocycles. The fraction of sp³-hybridized carbons (Fsp3) is 0.100. The molecule has 0 aliphatic heterocycles. The summed E-state index contributed by atoms with van der Waals surface area (Å²) in [5, 5.41) is 12.0. The van der Waals surface area contributed by atoms with Crippen molar-refractivity contribution in [2.75, 3.05) is 0 Å². The Morgan fingerprint density at radius 3 is 2.42 bits per heavy atom. The van der Waals surface area contributed by atoms with Crippen LogP contribution in [0.1, 0.15) is 16.1 Å². The van der Waals surface area contributed by atoms with Gasteiger partial charge in [0.25, 0.3) is 0 Å². The molecule has 0 amide bonds. The second kappa shape index (κ2) is 4.34. The van der Waals surface area contributed by atoms with Gasteiger partial charge in [-0.2, -0.15) is 18.3 Å². The third kappa shape index (κ3) is 2.39. The lowest BCUT2D eigenvalue weighted by Gasteiger charge is -2.10. The lowest BCUT2D eigenvalue weighted by molar-refractivity contribution is -0.143. The molecular weight excluding hydrogens is 270 g/mol. The van der Waals surface area contributed by atoms with Crippen molar-refractivity contribution in [1.82, 2.24) is 14.8 Å². The van der Waals surface area contributed by atoms with Gasteiger partial charge in [0.15, 0.2) is 11.5 Å². The van der Waals surface area contributed by atoms with Crippen LogP contribution in [0.5, 0.6) is 0 Å². The second-order valence-electron chi connectivity index (χ2n) is 3.46. The largest absolute Gasteiger partial charge is 0.478 e. The predicted molar refractivity (Wildman–Crippen MR) is 53.3 cm³/mol.